The highest BCUT2D eigenvalue weighted by molar-refractivity contribution is 7.11. The first-order valence-corrected chi connectivity index (χ1v) is 9.06. The summed E-state index contributed by atoms with van der Waals surface area (Å²) in [6, 6.07) is 2.09. The lowest BCUT2D eigenvalue weighted by Gasteiger charge is -2.32. The largest absolute Gasteiger partial charge is 0.372 e. The van der Waals surface area contributed by atoms with Gasteiger partial charge in [-0.1, -0.05) is 0 Å². The summed E-state index contributed by atoms with van der Waals surface area (Å²) in [5.74, 6) is 0.143. The average Bonchev–Trinajstić information content (AvgIpc) is 3.17. The maximum Gasteiger partial charge on any atom is 0.247 e. The van der Waals surface area contributed by atoms with Gasteiger partial charge in [-0.2, -0.15) is 0 Å². The fourth-order valence-electron chi connectivity index (χ4n) is 3.18. The minimum Gasteiger partial charge on any atom is -0.372 e. The minimum atomic E-state index is 0.143. The summed E-state index contributed by atoms with van der Waals surface area (Å²) in [4.78, 5) is 17.0. The molecule has 5 heteroatoms. The summed E-state index contributed by atoms with van der Waals surface area (Å²) in [6.45, 7) is 7.90. The van der Waals surface area contributed by atoms with Gasteiger partial charge in [-0.05, 0) is 42.9 Å². The maximum absolute atomic E-state index is 12.3. The van der Waals surface area contributed by atoms with E-state index in [1.807, 2.05) is 11.0 Å². The fourth-order valence-corrected chi connectivity index (χ4v) is 4.00. The number of carbonyl (C=O) groups is 1. The molecule has 0 spiro atoms. The van der Waals surface area contributed by atoms with Crippen molar-refractivity contribution in [3.8, 4) is 0 Å². The van der Waals surface area contributed by atoms with Crippen LogP contribution in [0.1, 0.15) is 23.3 Å². The Bertz CT molecular complexity index is 527. The second kappa shape index (κ2) is 7.40. The molecule has 1 aromatic rings. The lowest BCUT2D eigenvalue weighted by atomic mass is 10.2. The molecule has 0 aromatic carbocycles. The van der Waals surface area contributed by atoms with E-state index in [0.717, 1.165) is 39.3 Å². The van der Waals surface area contributed by atoms with Crippen LogP contribution < -0.4 is 4.90 Å². The predicted molar refractivity (Wildman–Crippen MR) is 89.2 cm³/mol. The van der Waals surface area contributed by atoms with Gasteiger partial charge in [-0.15, -0.1) is 11.3 Å². The van der Waals surface area contributed by atoms with Crippen LogP contribution >= 0.6 is 11.3 Å². The smallest absolute Gasteiger partial charge is 0.247 e. The van der Waals surface area contributed by atoms with E-state index in [2.05, 4.69) is 18.4 Å². The molecular formula is C17H25N2O2S+. The second-order valence-electron chi connectivity index (χ2n) is 6.22. The van der Waals surface area contributed by atoms with Crippen LogP contribution in [0.2, 0.25) is 0 Å². The van der Waals surface area contributed by atoms with Gasteiger partial charge in [0.1, 0.15) is 12.6 Å². The Hall–Kier alpha value is -1.17. The number of nitrogens with one attached hydrogen (secondary N) is 1. The van der Waals surface area contributed by atoms with Crippen molar-refractivity contribution in [3.05, 3.63) is 28.0 Å². The molecule has 3 heterocycles. The van der Waals surface area contributed by atoms with E-state index in [4.69, 9.17) is 4.74 Å². The number of piperazine rings is 1. The number of amides is 1. The third kappa shape index (κ3) is 3.97. The first-order valence-electron chi connectivity index (χ1n) is 8.18. The molecule has 2 fully saturated rings. The van der Waals surface area contributed by atoms with E-state index < -0.39 is 0 Å². The Morgan fingerprint density at radius 1 is 1.50 bits per heavy atom. The SMILES string of the molecule is Cc1ccsc1/C=C/C(=O)N1CC[NH+](C[C@@H]2CCCO2)CC1. The van der Waals surface area contributed by atoms with E-state index in [0.29, 0.717) is 6.10 Å². The van der Waals surface area contributed by atoms with E-state index in [1.54, 1.807) is 22.3 Å². The van der Waals surface area contributed by atoms with Gasteiger partial charge in [0.15, 0.2) is 0 Å². The molecule has 0 bridgehead atoms. The molecule has 0 unspecified atom stereocenters. The number of quaternary nitrogens is 1. The van der Waals surface area contributed by atoms with Gasteiger partial charge in [-0.3, -0.25) is 4.79 Å². The highest BCUT2D eigenvalue weighted by Gasteiger charge is 2.26. The fraction of sp³-hybridized carbons (Fsp3) is 0.588. The number of ether oxygens (including phenoxy) is 1. The van der Waals surface area contributed by atoms with Crippen molar-refractivity contribution >= 4 is 23.3 Å². The van der Waals surface area contributed by atoms with Crippen molar-refractivity contribution in [2.24, 2.45) is 0 Å². The maximum atomic E-state index is 12.3. The number of aryl methyl sites for hydroxylation is 1. The molecule has 1 N–H and O–H groups in total. The summed E-state index contributed by atoms with van der Waals surface area (Å²) < 4.78 is 5.71. The molecule has 0 aliphatic carbocycles. The zero-order chi connectivity index (χ0) is 15.4. The van der Waals surface area contributed by atoms with E-state index in [1.165, 1.54) is 23.3 Å². The highest BCUT2D eigenvalue weighted by Crippen LogP contribution is 2.17. The Balaban J connectivity index is 1.45. The normalized spacial score (nSPS) is 23.5. The van der Waals surface area contributed by atoms with Crippen molar-refractivity contribution in [2.75, 3.05) is 39.3 Å². The molecule has 2 aliphatic rings. The van der Waals surface area contributed by atoms with Crippen molar-refractivity contribution in [1.29, 1.82) is 0 Å². The van der Waals surface area contributed by atoms with Gasteiger partial charge in [0.25, 0.3) is 0 Å². The van der Waals surface area contributed by atoms with Crippen LogP contribution in [0, 0.1) is 6.92 Å². The van der Waals surface area contributed by atoms with Gasteiger partial charge < -0.3 is 14.5 Å². The third-order valence-electron chi connectivity index (χ3n) is 4.60. The van der Waals surface area contributed by atoms with Gasteiger partial charge >= 0.3 is 0 Å². The molecule has 120 valence electrons. The molecular weight excluding hydrogens is 296 g/mol. The summed E-state index contributed by atoms with van der Waals surface area (Å²) in [7, 11) is 0. The third-order valence-corrected chi connectivity index (χ3v) is 5.59. The molecule has 1 atom stereocenters. The second-order valence-corrected chi connectivity index (χ2v) is 7.16. The summed E-state index contributed by atoms with van der Waals surface area (Å²) in [5.41, 5.74) is 1.24. The van der Waals surface area contributed by atoms with Crippen molar-refractivity contribution in [1.82, 2.24) is 4.90 Å². The van der Waals surface area contributed by atoms with Gasteiger partial charge in [0.05, 0.1) is 26.2 Å². The van der Waals surface area contributed by atoms with Crippen molar-refractivity contribution < 1.29 is 14.4 Å². The van der Waals surface area contributed by atoms with Gasteiger partial charge in [-0.25, -0.2) is 0 Å². The zero-order valence-corrected chi connectivity index (χ0v) is 14.0. The Morgan fingerprint density at radius 3 is 2.95 bits per heavy atom. The molecule has 1 aromatic heterocycles. The van der Waals surface area contributed by atoms with Crippen LogP contribution in [0.15, 0.2) is 17.5 Å². The molecule has 0 saturated carbocycles. The molecule has 1 amide bonds. The van der Waals surface area contributed by atoms with Crippen LogP contribution in [-0.2, 0) is 9.53 Å². The van der Waals surface area contributed by atoms with Gasteiger partial charge in [0.2, 0.25) is 5.91 Å². The summed E-state index contributed by atoms with van der Waals surface area (Å²) in [6.07, 6.45) is 6.53. The first kappa shape index (κ1) is 15.7. The lowest BCUT2D eigenvalue weighted by molar-refractivity contribution is -0.906. The van der Waals surface area contributed by atoms with Crippen molar-refractivity contribution in [3.63, 3.8) is 0 Å². The predicted octanol–water partition coefficient (Wildman–Crippen LogP) is 0.976. The van der Waals surface area contributed by atoms with E-state index >= 15 is 0 Å². The van der Waals surface area contributed by atoms with Crippen LogP contribution in [0.5, 0.6) is 0 Å². The van der Waals surface area contributed by atoms with Gasteiger partial charge in [0, 0.05) is 17.6 Å². The highest BCUT2D eigenvalue weighted by atomic mass is 32.1. The average molecular weight is 321 g/mol. The summed E-state index contributed by atoms with van der Waals surface area (Å²) in [5, 5.41) is 2.06. The number of rotatable bonds is 4. The van der Waals surface area contributed by atoms with Crippen molar-refractivity contribution in [2.45, 2.75) is 25.9 Å². The van der Waals surface area contributed by atoms with Crippen LogP contribution in [-0.4, -0.2) is 56.2 Å². The molecule has 0 radical (unpaired) electrons. The first-order chi connectivity index (χ1) is 10.7. The number of thiophene rings is 1. The van der Waals surface area contributed by atoms with Crippen LogP contribution in [0.25, 0.3) is 6.08 Å². The Kier molecular flexibility index (Phi) is 5.28. The van der Waals surface area contributed by atoms with Crippen LogP contribution in [0.3, 0.4) is 0 Å². The quantitative estimate of drug-likeness (QED) is 0.839. The topological polar surface area (TPSA) is 34.0 Å². The monoisotopic (exact) mass is 321 g/mol. The van der Waals surface area contributed by atoms with E-state index in [9.17, 15) is 4.79 Å². The number of nitrogens with zero attached hydrogens (tertiary/aromatic N) is 1. The molecule has 4 nitrogen and oxygen atoms in total. The summed E-state index contributed by atoms with van der Waals surface area (Å²) >= 11 is 1.68. The standard InChI is InChI=1S/C17H24N2O2S/c1-14-6-12-22-16(14)4-5-17(20)19-9-7-18(8-10-19)13-15-3-2-11-21-15/h4-6,12,15H,2-3,7-11,13H2,1H3/p+1/b5-4+/t15-/m0/s1. The number of hydrogen-bond acceptors (Lipinski definition) is 3. The van der Waals surface area contributed by atoms with E-state index in [-0.39, 0.29) is 5.91 Å². The number of carbonyl (C=O) groups excluding carboxylic acids is 1. The minimum absolute atomic E-state index is 0.143. The molecule has 3 rings (SSSR count). The lowest BCUT2D eigenvalue weighted by Crippen LogP contribution is -3.15. The zero-order valence-electron chi connectivity index (χ0n) is 13.2. The molecule has 2 aliphatic heterocycles. The molecule has 2 saturated heterocycles. The Labute approximate surface area is 136 Å². The molecule has 22 heavy (non-hydrogen) atoms. The Morgan fingerprint density at radius 2 is 2.32 bits per heavy atom. The number of hydrogen-bond donors (Lipinski definition) is 1. The van der Waals surface area contributed by atoms with Crippen LogP contribution in [0.4, 0.5) is 0 Å².